The summed E-state index contributed by atoms with van der Waals surface area (Å²) in [5.74, 6) is -0.174. The molecule has 24 heavy (non-hydrogen) atoms. The van der Waals surface area contributed by atoms with E-state index in [0.29, 0.717) is 29.0 Å². The molecule has 0 bridgehead atoms. The number of esters is 1. The van der Waals surface area contributed by atoms with Gasteiger partial charge >= 0.3 is 5.97 Å². The van der Waals surface area contributed by atoms with Crippen LogP contribution in [-0.2, 0) is 11.3 Å². The standard InChI is InChI=1S/C19H20O5/c1-3-23-17-10-8-15(9-11-17)18(21)13(2)24-19(22)16-6-4-14(12-20)5-7-16/h4-11,13,20H,3,12H2,1-2H3/t13-/m1/s1. The molecule has 5 nitrogen and oxygen atoms in total. The number of aliphatic hydroxyl groups excluding tert-OH is 1. The van der Waals surface area contributed by atoms with Gasteiger partial charge in [-0.05, 0) is 55.8 Å². The van der Waals surface area contributed by atoms with Crippen LogP contribution in [0.2, 0.25) is 0 Å². The summed E-state index contributed by atoms with van der Waals surface area (Å²) in [6.07, 6.45) is -0.895. The third-order valence-corrected chi connectivity index (χ3v) is 3.48. The predicted octanol–water partition coefficient (Wildman–Crippen LogP) is 3.01. The monoisotopic (exact) mass is 328 g/mol. The SMILES string of the molecule is CCOc1ccc(C(=O)[C@@H](C)OC(=O)c2ccc(CO)cc2)cc1. The van der Waals surface area contributed by atoms with Crippen molar-refractivity contribution in [3.8, 4) is 5.75 Å². The van der Waals surface area contributed by atoms with E-state index < -0.39 is 12.1 Å². The number of carbonyl (C=O) groups excluding carboxylic acids is 2. The molecule has 0 heterocycles. The van der Waals surface area contributed by atoms with Crippen molar-refractivity contribution in [2.24, 2.45) is 0 Å². The van der Waals surface area contributed by atoms with Crippen molar-refractivity contribution in [2.75, 3.05) is 6.61 Å². The molecule has 0 aliphatic heterocycles. The maximum atomic E-state index is 12.3. The first-order chi connectivity index (χ1) is 11.5. The molecule has 126 valence electrons. The molecule has 0 aliphatic rings. The van der Waals surface area contributed by atoms with Crippen LogP contribution in [0.25, 0.3) is 0 Å². The highest BCUT2D eigenvalue weighted by molar-refractivity contribution is 6.01. The molecule has 1 N–H and O–H groups in total. The van der Waals surface area contributed by atoms with Gasteiger partial charge in [-0.3, -0.25) is 4.79 Å². The van der Waals surface area contributed by atoms with Crippen molar-refractivity contribution in [1.29, 1.82) is 0 Å². The number of rotatable bonds is 7. The highest BCUT2D eigenvalue weighted by atomic mass is 16.5. The first-order valence-corrected chi connectivity index (χ1v) is 7.73. The van der Waals surface area contributed by atoms with Crippen LogP contribution in [0.3, 0.4) is 0 Å². The summed E-state index contributed by atoms with van der Waals surface area (Å²) in [5, 5.41) is 8.99. The highest BCUT2D eigenvalue weighted by Crippen LogP contribution is 2.15. The van der Waals surface area contributed by atoms with Crippen LogP contribution in [0.5, 0.6) is 5.75 Å². The summed E-state index contributed by atoms with van der Waals surface area (Å²) in [4.78, 5) is 24.4. The number of ether oxygens (including phenoxy) is 2. The predicted molar refractivity (Wildman–Crippen MR) is 89.2 cm³/mol. The summed E-state index contributed by atoms with van der Waals surface area (Å²) < 4.78 is 10.5. The first-order valence-electron chi connectivity index (χ1n) is 7.73. The Balaban J connectivity index is 2.00. The van der Waals surface area contributed by atoms with E-state index in [4.69, 9.17) is 14.6 Å². The van der Waals surface area contributed by atoms with Crippen molar-refractivity contribution in [1.82, 2.24) is 0 Å². The van der Waals surface area contributed by atoms with E-state index in [1.165, 1.54) is 0 Å². The minimum Gasteiger partial charge on any atom is -0.494 e. The van der Waals surface area contributed by atoms with Crippen molar-refractivity contribution in [3.63, 3.8) is 0 Å². The maximum Gasteiger partial charge on any atom is 0.338 e. The second-order valence-corrected chi connectivity index (χ2v) is 5.22. The van der Waals surface area contributed by atoms with Gasteiger partial charge in [0.05, 0.1) is 18.8 Å². The molecule has 0 aliphatic carbocycles. The average Bonchev–Trinajstić information content (AvgIpc) is 2.62. The molecule has 2 aromatic rings. The lowest BCUT2D eigenvalue weighted by atomic mass is 10.1. The molecule has 0 aromatic heterocycles. The Bertz CT molecular complexity index is 689. The smallest absolute Gasteiger partial charge is 0.338 e. The Morgan fingerprint density at radius 1 is 1.00 bits per heavy atom. The minimum absolute atomic E-state index is 0.0953. The van der Waals surface area contributed by atoms with E-state index >= 15 is 0 Å². The number of Topliss-reactive ketones (excluding diaryl/α,β-unsaturated/α-hetero) is 1. The molecule has 0 spiro atoms. The van der Waals surface area contributed by atoms with Crippen LogP contribution in [-0.4, -0.2) is 29.6 Å². The van der Waals surface area contributed by atoms with Crippen molar-refractivity contribution >= 4 is 11.8 Å². The van der Waals surface area contributed by atoms with Gasteiger partial charge < -0.3 is 14.6 Å². The largest absolute Gasteiger partial charge is 0.494 e. The molecule has 0 unspecified atom stereocenters. The summed E-state index contributed by atoms with van der Waals surface area (Å²) in [5.41, 5.74) is 1.48. The first kappa shape index (κ1) is 17.7. The average molecular weight is 328 g/mol. The summed E-state index contributed by atoms with van der Waals surface area (Å²) in [6, 6.07) is 13.1. The van der Waals surface area contributed by atoms with Crippen molar-refractivity contribution in [2.45, 2.75) is 26.6 Å². The number of carbonyl (C=O) groups is 2. The molecule has 0 amide bonds. The van der Waals surface area contributed by atoms with Crippen LogP contribution in [0.1, 0.15) is 40.1 Å². The van der Waals surface area contributed by atoms with Crippen LogP contribution < -0.4 is 4.74 Å². The second-order valence-electron chi connectivity index (χ2n) is 5.22. The van der Waals surface area contributed by atoms with Gasteiger partial charge in [0.15, 0.2) is 6.10 Å². The fourth-order valence-electron chi connectivity index (χ4n) is 2.15. The molecule has 5 heteroatoms. The molecular formula is C19H20O5. The number of hydrogen-bond donors (Lipinski definition) is 1. The molecule has 0 saturated carbocycles. The molecule has 0 radical (unpaired) electrons. The lowest BCUT2D eigenvalue weighted by Crippen LogP contribution is -2.24. The van der Waals surface area contributed by atoms with Crippen LogP contribution in [0.4, 0.5) is 0 Å². The van der Waals surface area contributed by atoms with Crippen molar-refractivity contribution in [3.05, 3.63) is 65.2 Å². The quantitative estimate of drug-likeness (QED) is 0.625. The molecular weight excluding hydrogens is 308 g/mol. The van der Waals surface area contributed by atoms with Gasteiger partial charge in [0, 0.05) is 5.56 Å². The van der Waals surface area contributed by atoms with E-state index in [1.807, 2.05) is 6.92 Å². The summed E-state index contributed by atoms with van der Waals surface area (Å²) >= 11 is 0. The van der Waals surface area contributed by atoms with E-state index in [2.05, 4.69) is 0 Å². The number of ketones is 1. The zero-order chi connectivity index (χ0) is 17.5. The van der Waals surface area contributed by atoms with E-state index in [9.17, 15) is 9.59 Å². The van der Waals surface area contributed by atoms with Gasteiger partial charge in [-0.15, -0.1) is 0 Å². The van der Waals surface area contributed by atoms with Crippen LogP contribution >= 0.6 is 0 Å². The van der Waals surface area contributed by atoms with Crippen molar-refractivity contribution < 1.29 is 24.2 Å². The normalized spacial score (nSPS) is 11.6. The fourth-order valence-corrected chi connectivity index (χ4v) is 2.15. The lowest BCUT2D eigenvalue weighted by molar-refractivity contribution is 0.0318. The van der Waals surface area contributed by atoms with Gasteiger partial charge in [-0.25, -0.2) is 4.79 Å². The third-order valence-electron chi connectivity index (χ3n) is 3.48. The zero-order valence-electron chi connectivity index (χ0n) is 13.7. The van der Waals surface area contributed by atoms with Crippen LogP contribution in [0, 0.1) is 0 Å². The Labute approximate surface area is 140 Å². The number of aliphatic hydroxyl groups is 1. The highest BCUT2D eigenvalue weighted by Gasteiger charge is 2.20. The summed E-state index contributed by atoms with van der Waals surface area (Å²) in [7, 11) is 0. The van der Waals surface area contributed by atoms with Gasteiger partial charge in [0.2, 0.25) is 5.78 Å². The van der Waals surface area contributed by atoms with E-state index in [1.54, 1.807) is 55.5 Å². The number of hydrogen-bond acceptors (Lipinski definition) is 5. The molecule has 2 aromatic carbocycles. The molecule has 0 saturated heterocycles. The van der Waals surface area contributed by atoms with Gasteiger partial charge in [-0.2, -0.15) is 0 Å². The Morgan fingerprint density at radius 3 is 2.12 bits per heavy atom. The topological polar surface area (TPSA) is 72.8 Å². The zero-order valence-corrected chi connectivity index (χ0v) is 13.7. The number of benzene rings is 2. The van der Waals surface area contributed by atoms with Crippen LogP contribution in [0.15, 0.2) is 48.5 Å². The van der Waals surface area contributed by atoms with Gasteiger partial charge in [-0.1, -0.05) is 12.1 Å². The second kappa shape index (κ2) is 8.26. The van der Waals surface area contributed by atoms with E-state index in [-0.39, 0.29) is 12.4 Å². The Kier molecular flexibility index (Phi) is 6.09. The third kappa shape index (κ3) is 4.43. The Hall–Kier alpha value is -2.66. The maximum absolute atomic E-state index is 12.3. The van der Waals surface area contributed by atoms with E-state index in [0.717, 1.165) is 0 Å². The molecule has 2 rings (SSSR count). The molecule has 1 atom stereocenters. The summed E-state index contributed by atoms with van der Waals surface area (Å²) in [6.45, 7) is 3.88. The Morgan fingerprint density at radius 2 is 1.58 bits per heavy atom. The van der Waals surface area contributed by atoms with Gasteiger partial charge in [0.25, 0.3) is 0 Å². The molecule has 0 fully saturated rings. The lowest BCUT2D eigenvalue weighted by Gasteiger charge is -2.13. The van der Waals surface area contributed by atoms with Gasteiger partial charge in [0.1, 0.15) is 5.75 Å². The minimum atomic E-state index is -0.895. The fraction of sp³-hybridized carbons (Fsp3) is 0.263.